The summed E-state index contributed by atoms with van der Waals surface area (Å²) in [5.74, 6) is 0.206. The number of hydrogen-bond acceptors (Lipinski definition) is 7. The average molecular weight is 410 g/mol. The van der Waals surface area contributed by atoms with Crippen molar-refractivity contribution in [3.8, 4) is 0 Å². The number of carbonyl (C=O) groups is 1. The van der Waals surface area contributed by atoms with Crippen LogP contribution in [0.1, 0.15) is 32.8 Å². The van der Waals surface area contributed by atoms with Crippen LogP contribution in [0.4, 0.5) is 10.5 Å². The van der Waals surface area contributed by atoms with Crippen molar-refractivity contribution >= 4 is 25.9 Å². The quantitative estimate of drug-likeness (QED) is 0.339. The molecule has 1 aromatic rings. The van der Waals surface area contributed by atoms with Crippen molar-refractivity contribution in [3.05, 3.63) is 39.9 Å². The van der Waals surface area contributed by atoms with Gasteiger partial charge in [-0.2, -0.15) is 0 Å². The fourth-order valence-corrected chi connectivity index (χ4v) is 3.92. The lowest BCUT2D eigenvalue weighted by atomic mass is 10.2. The number of nitro benzene ring substituents is 1. The van der Waals surface area contributed by atoms with Crippen molar-refractivity contribution in [1.82, 2.24) is 4.90 Å². The van der Waals surface area contributed by atoms with Crippen molar-refractivity contribution in [2.45, 2.75) is 58.0 Å². The average Bonchev–Trinajstić information content (AvgIpc) is 3.01. The Morgan fingerprint density at radius 2 is 1.96 bits per heavy atom. The molecule has 0 unspecified atom stereocenters. The Bertz CT molecular complexity index is 758. The maximum Gasteiger partial charge on any atom is 0.415 e. The summed E-state index contributed by atoms with van der Waals surface area (Å²) in [6, 6.07) is 5.75. The standard InChI is InChI=1S/C18H27N3O6Si/c1-18(2,3)28(4,5)27-15-10-16(19-23)20(11-15)17(22)26-12-13-6-8-14(9-7-13)21(24)25/h6-9,15,23H,10-12H2,1-5H3/t15-/m1/s1. The predicted molar refractivity (Wildman–Crippen MR) is 106 cm³/mol. The number of nitro groups is 1. The second-order valence-electron chi connectivity index (χ2n) is 8.31. The summed E-state index contributed by atoms with van der Waals surface area (Å²) in [5.41, 5.74) is 0.588. The molecular weight excluding hydrogens is 382 g/mol. The molecule has 0 bridgehead atoms. The molecule has 2 rings (SSSR count). The molecule has 28 heavy (non-hydrogen) atoms. The first-order valence-electron chi connectivity index (χ1n) is 9.01. The van der Waals surface area contributed by atoms with Gasteiger partial charge in [-0.3, -0.25) is 15.0 Å². The van der Waals surface area contributed by atoms with Crippen LogP contribution in [-0.2, 0) is 15.8 Å². The van der Waals surface area contributed by atoms with Gasteiger partial charge in [-0.05, 0) is 35.8 Å². The Morgan fingerprint density at radius 3 is 2.46 bits per heavy atom. The summed E-state index contributed by atoms with van der Waals surface area (Å²) in [7, 11) is -2.03. The minimum atomic E-state index is -2.03. The first-order chi connectivity index (χ1) is 12.9. The number of rotatable bonds is 5. The Balaban J connectivity index is 1.97. The van der Waals surface area contributed by atoms with Gasteiger partial charge in [0.2, 0.25) is 0 Å². The van der Waals surface area contributed by atoms with Gasteiger partial charge in [-0.25, -0.2) is 4.79 Å². The van der Waals surface area contributed by atoms with E-state index in [1.807, 2.05) is 0 Å². The Morgan fingerprint density at radius 1 is 1.36 bits per heavy atom. The highest BCUT2D eigenvalue weighted by molar-refractivity contribution is 6.74. The van der Waals surface area contributed by atoms with Crippen molar-refractivity contribution in [2.24, 2.45) is 5.16 Å². The van der Waals surface area contributed by atoms with Crippen LogP contribution in [0.5, 0.6) is 0 Å². The van der Waals surface area contributed by atoms with E-state index in [-0.39, 0.29) is 35.8 Å². The second-order valence-corrected chi connectivity index (χ2v) is 13.1. The second kappa shape index (κ2) is 8.27. The molecule has 1 amide bonds. The van der Waals surface area contributed by atoms with Crippen LogP contribution in [-0.4, -0.2) is 47.9 Å². The molecule has 1 saturated heterocycles. The zero-order valence-electron chi connectivity index (χ0n) is 16.8. The summed E-state index contributed by atoms with van der Waals surface area (Å²) < 4.78 is 11.6. The minimum absolute atomic E-state index is 0.0212. The monoisotopic (exact) mass is 409 g/mol. The molecule has 0 spiro atoms. The van der Waals surface area contributed by atoms with Crippen molar-refractivity contribution in [1.29, 1.82) is 0 Å². The molecular formula is C18H27N3O6Si. The number of nitrogens with zero attached hydrogens (tertiary/aromatic N) is 3. The van der Waals surface area contributed by atoms with Crippen molar-refractivity contribution in [3.63, 3.8) is 0 Å². The summed E-state index contributed by atoms with van der Waals surface area (Å²) in [6.07, 6.45) is -0.568. The third-order valence-electron chi connectivity index (χ3n) is 5.22. The van der Waals surface area contributed by atoms with Gasteiger partial charge < -0.3 is 14.4 Å². The molecule has 1 heterocycles. The van der Waals surface area contributed by atoms with Gasteiger partial charge in [0.15, 0.2) is 14.2 Å². The molecule has 1 N–H and O–H groups in total. The number of oxime groups is 1. The number of amides is 1. The molecule has 0 radical (unpaired) electrons. The van der Waals surface area contributed by atoms with Crippen LogP contribution < -0.4 is 0 Å². The van der Waals surface area contributed by atoms with E-state index in [1.165, 1.54) is 29.2 Å². The number of ether oxygens (including phenoxy) is 1. The maximum atomic E-state index is 12.4. The van der Waals surface area contributed by atoms with Crippen LogP contribution in [0.3, 0.4) is 0 Å². The molecule has 9 nitrogen and oxygen atoms in total. The molecule has 0 aliphatic carbocycles. The van der Waals surface area contributed by atoms with Crippen molar-refractivity contribution < 1.29 is 24.1 Å². The van der Waals surface area contributed by atoms with E-state index in [9.17, 15) is 20.1 Å². The highest BCUT2D eigenvalue weighted by Crippen LogP contribution is 2.38. The van der Waals surface area contributed by atoms with Gasteiger partial charge in [0.25, 0.3) is 5.69 Å². The van der Waals surface area contributed by atoms with Crippen LogP contribution in [0.2, 0.25) is 18.1 Å². The summed E-state index contributed by atoms with van der Waals surface area (Å²) in [6.45, 7) is 10.9. The van der Waals surface area contributed by atoms with E-state index in [2.05, 4.69) is 39.0 Å². The molecule has 10 heteroatoms. The first kappa shape index (κ1) is 21.8. The minimum Gasteiger partial charge on any atom is -0.444 e. The van der Waals surface area contributed by atoms with E-state index >= 15 is 0 Å². The lowest BCUT2D eigenvalue weighted by Crippen LogP contribution is -2.44. The van der Waals surface area contributed by atoms with Gasteiger partial charge in [-0.1, -0.05) is 25.9 Å². The molecule has 154 valence electrons. The van der Waals surface area contributed by atoms with Gasteiger partial charge in [0, 0.05) is 18.6 Å². The largest absolute Gasteiger partial charge is 0.444 e. The van der Waals surface area contributed by atoms with E-state index < -0.39 is 19.3 Å². The highest BCUT2D eigenvalue weighted by Gasteiger charge is 2.43. The molecule has 1 atom stereocenters. The van der Waals surface area contributed by atoms with E-state index in [0.717, 1.165) is 0 Å². The number of hydrogen-bond donors (Lipinski definition) is 1. The smallest absolute Gasteiger partial charge is 0.415 e. The third-order valence-corrected chi connectivity index (χ3v) is 9.76. The lowest BCUT2D eigenvalue weighted by molar-refractivity contribution is -0.384. The SMILES string of the molecule is CC(C)(C)[Si](C)(C)O[C@@H]1CC(=NO)N(C(=O)OCc2ccc([N+](=O)[O-])cc2)C1. The summed E-state index contributed by atoms with van der Waals surface area (Å²) in [5, 5.41) is 23.2. The maximum absolute atomic E-state index is 12.4. The number of likely N-dealkylation sites (tertiary alicyclic amines) is 1. The molecule has 1 fully saturated rings. The first-order valence-corrected chi connectivity index (χ1v) is 11.9. The zero-order valence-corrected chi connectivity index (χ0v) is 17.8. The van der Waals surface area contributed by atoms with Crippen LogP contribution in [0.15, 0.2) is 29.4 Å². The Labute approximate surface area is 165 Å². The zero-order chi connectivity index (χ0) is 21.1. The summed E-state index contributed by atoms with van der Waals surface area (Å²) in [4.78, 5) is 23.9. The molecule has 1 aromatic carbocycles. The highest BCUT2D eigenvalue weighted by atomic mass is 28.4. The number of carbonyl (C=O) groups excluding carboxylic acids is 1. The molecule has 0 saturated carbocycles. The normalized spacial score (nSPS) is 19.1. The van der Waals surface area contributed by atoms with Crippen LogP contribution in [0, 0.1) is 10.1 Å². The topological polar surface area (TPSA) is 114 Å². The Kier molecular flexibility index (Phi) is 6.45. The number of amidine groups is 1. The van der Waals surface area contributed by atoms with Gasteiger partial charge in [-0.15, -0.1) is 0 Å². The van der Waals surface area contributed by atoms with Crippen LogP contribution in [0.25, 0.3) is 0 Å². The fraction of sp³-hybridized carbons (Fsp3) is 0.556. The van der Waals surface area contributed by atoms with Crippen LogP contribution >= 0.6 is 0 Å². The van der Waals surface area contributed by atoms with E-state index in [1.54, 1.807) is 0 Å². The molecule has 1 aliphatic rings. The van der Waals surface area contributed by atoms with Gasteiger partial charge in [0.05, 0.1) is 17.6 Å². The van der Waals surface area contributed by atoms with E-state index in [0.29, 0.717) is 12.0 Å². The Hall–Kier alpha value is -2.46. The number of non-ortho nitro benzene ring substituents is 1. The molecule has 0 aromatic heterocycles. The predicted octanol–water partition coefficient (Wildman–Crippen LogP) is 4.12. The van der Waals surface area contributed by atoms with Gasteiger partial charge >= 0.3 is 6.09 Å². The fourth-order valence-electron chi connectivity index (χ4n) is 2.57. The van der Waals surface area contributed by atoms with E-state index in [4.69, 9.17) is 9.16 Å². The summed E-state index contributed by atoms with van der Waals surface area (Å²) >= 11 is 0. The lowest BCUT2D eigenvalue weighted by Gasteiger charge is -2.38. The number of benzene rings is 1. The third kappa shape index (κ3) is 5.07. The van der Waals surface area contributed by atoms with Crippen molar-refractivity contribution in [2.75, 3.05) is 6.54 Å². The van der Waals surface area contributed by atoms with Gasteiger partial charge in [0.1, 0.15) is 6.61 Å². The molecule has 1 aliphatic heterocycles.